The lowest BCUT2D eigenvalue weighted by atomic mass is 10.2. The minimum atomic E-state index is -0.204. The fourth-order valence-corrected chi connectivity index (χ4v) is 2.16. The molecule has 0 bridgehead atoms. The summed E-state index contributed by atoms with van der Waals surface area (Å²) >= 11 is 6.06. The van der Waals surface area contributed by atoms with Crippen LogP contribution in [0.2, 0.25) is 5.02 Å². The van der Waals surface area contributed by atoms with Crippen LogP contribution in [0.15, 0.2) is 42.5 Å². The second kappa shape index (κ2) is 5.61. The molecule has 0 spiro atoms. The highest BCUT2D eigenvalue weighted by molar-refractivity contribution is 6.31. The summed E-state index contributed by atoms with van der Waals surface area (Å²) in [5.74, 6) is 0.341. The SMILES string of the molecule is [O-]N(O)c1ccc2[nH]nc(OCc3ccccc3Cl)c2c1. The first kappa shape index (κ1) is 13.7. The molecule has 21 heavy (non-hydrogen) atoms. The zero-order valence-electron chi connectivity index (χ0n) is 10.8. The monoisotopic (exact) mass is 304 g/mol. The second-order valence-corrected chi connectivity index (χ2v) is 4.82. The molecule has 0 aliphatic carbocycles. The van der Waals surface area contributed by atoms with Crippen LogP contribution in [0.25, 0.3) is 10.9 Å². The van der Waals surface area contributed by atoms with E-state index in [1.165, 1.54) is 12.1 Å². The molecule has 3 rings (SSSR count). The van der Waals surface area contributed by atoms with Crippen LogP contribution in [0.3, 0.4) is 0 Å². The number of benzene rings is 2. The van der Waals surface area contributed by atoms with Gasteiger partial charge in [-0.3, -0.25) is 10.3 Å². The molecule has 0 saturated carbocycles. The molecule has 0 fully saturated rings. The van der Waals surface area contributed by atoms with Gasteiger partial charge < -0.3 is 15.2 Å². The second-order valence-electron chi connectivity index (χ2n) is 4.41. The number of hydrogen-bond donors (Lipinski definition) is 2. The summed E-state index contributed by atoms with van der Waals surface area (Å²) in [6.45, 7) is 0.254. The highest BCUT2D eigenvalue weighted by Gasteiger charge is 2.09. The molecule has 0 atom stereocenters. The fourth-order valence-electron chi connectivity index (χ4n) is 1.97. The zero-order valence-corrected chi connectivity index (χ0v) is 11.5. The highest BCUT2D eigenvalue weighted by Crippen LogP contribution is 2.28. The Balaban J connectivity index is 1.87. The number of nitrogens with one attached hydrogen (secondary N) is 1. The fraction of sp³-hybridized carbons (Fsp3) is 0.0714. The number of nitrogens with zero attached hydrogens (tertiary/aromatic N) is 2. The maximum absolute atomic E-state index is 10.9. The molecule has 0 saturated heterocycles. The lowest BCUT2D eigenvalue weighted by molar-refractivity contribution is 0.295. The average molecular weight is 305 g/mol. The summed E-state index contributed by atoms with van der Waals surface area (Å²) in [4.78, 5) is 0. The van der Waals surface area contributed by atoms with E-state index >= 15 is 0 Å². The molecule has 0 aliphatic rings. The molecule has 7 heteroatoms. The van der Waals surface area contributed by atoms with Crippen LogP contribution in [-0.2, 0) is 6.61 Å². The van der Waals surface area contributed by atoms with Gasteiger partial charge in [-0.05, 0) is 24.3 Å². The number of anilines is 1. The van der Waals surface area contributed by atoms with Crippen molar-refractivity contribution in [3.63, 3.8) is 0 Å². The molecule has 2 N–H and O–H groups in total. The van der Waals surface area contributed by atoms with Gasteiger partial charge in [-0.15, -0.1) is 5.10 Å². The lowest BCUT2D eigenvalue weighted by Crippen LogP contribution is -2.06. The van der Waals surface area contributed by atoms with Crippen molar-refractivity contribution in [3.8, 4) is 5.88 Å². The van der Waals surface area contributed by atoms with E-state index in [0.29, 0.717) is 21.8 Å². The van der Waals surface area contributed by atoms with Crippen LogP contribution in [0.1, 0.15) is 5.56 Å². The Bertz CT molecular complexity index is 773. The van der Waals surface area contributed by atoms with Gasteiger partial charge in [-0.2, -0.15) is 0 Å². The summed E-state index contributed by atoms with van der Waals surface area (Å²) in [6.07, 6.45) is 0. The third-order valence-electron chi connectivity index (χ3n) is 3.05. The molecule has 2 aromatic carbocycles. The minimum absolute atomic E-state index is 0.103. The first-order valence-electron chi connectivity index (χ1n) is 6.15. The molecule has 1 aromatic heterocycles. The van der Waals surface area contributed by atoms with E-state index < -0.39 is 0 Å². The first-order valence-corrected chi connectivity index (χ1v) is 6.53. The van der Waals surface area contributed by atoms with Crippen LogP contribution in [0, 0.1) is 5.21 Å². The normalized spacial score (nSPS) is 10.8. The van der Waals surface area contributed by atoms with Gasteiger partial charge in [0.15, 0.2) is 0 Å². The molecular weight excluding hydrogens is 294 g/mol. The molecule has 0 radical (unpaired) electrons. The van der Waals surface area contributed by atoms with Crippen molar-refractivity contribution >= 4 is 28.2 Å². The summed E-state index contributed by atoms with van der Waals surface area (Å²) < 4.78 is 5.63. The molecule has 3 aromatic rings. The number of halogens is 1. The Morgan fingerprint density at radius 3 is 2.86 bits per heavy atom. The predicted molar refractivity (Wildman–Crippen MR) is 79.5 cm³/mol. The van der Waals surface area contributed by atoms with Gasteiger partial charge in [0.05, 0.1) is 16.6 Å². The number of H-pyrrole nitrogens is 1. The minimum Gasteiger partial charge on any atom is -0.733 e. The average Bonchev–Trinajstić information content (AvgIpc) is 2.88. The predicted octanol–water partition coefficient (Wildman–Crippen LogP) is 3.49. The van der Waals surface area contributed by atoms with Crippen molar-refractivity contribution in [2.24, 2.45) is 0 Å². The van der Waals surface area contributed by atoms with Crippen LogP contribution >= 0.6 is 11.6 Å². The maximum Gasteiger partial charge on any atom is 0.240 e. The van der Waals surface area contributed by atoms with Crippen molar-refractivity contribution in [3.05, 3.63) is 58.3 Å². The smallest absolute Gasteiger partial charge is 0.240 e. The number of hydrogen-bond acceptors (Lipinski definition) is 5. The number of rotatable bonds is 4. The molecular formula is C14H11ClN3O3-. The number of aromatic amines is 1. The van der Waals surface area contributed by atoms with E-state index in [2.05, 4.69) is 10.2 Å². The van der Waals surface area contributed by atoms with Gasteiger partial charge in [-0.25, -0.2) is 0 Å². The zero-order chi connectivity index (χ0) is 14.8. The molecule has 6 nitrogen and oxygen atoms in total. The third-order valence-corrected chi connectivity index (χ3v) is 3.42. The molecule has 108 valence electrons. The van der Waals surface area contributed by atoms with Crippen molar-refractivity contribution in [1.82, 2.24) is 10.2 Å². The van der Waals surface area contributed by atoms with Crippen molar-refractivity contribution < 1.29 is 9.94 Å². The largest absolute Gasteiger partial charge is 0.733 e. The van der Waals surface area contributed by atoms with Crippen LogP contribution in [0.5, 0.6) is 5.88 Å². The van der Waals surface area contributed by atoms with E-state index in [9.17, 15) is 5.21 Å². The van der Waals surface area contributed by atoms with Crippen molar-refractivity contribution in [1.29, 1.82) is 0 Å². The maximum atomic E-state index is 10.9. The van der Waals surface area contributed by atoms with Gasteiger partial charge in [0.2, 0.25) is 5.88 Å². The summed E-state index contributed by atoms with van der Waals surface area (Å²) in [5, 5.41) is 27.7. The standard InChI is InChI=1S/C14H11ClN3O3/c15-12-4-2-1-3-9(12)8-21-14-11-7-10(18(19)20)5-6-13(11)16-17-14/h1-7,19H,8H2,(H,16,17)/q-1. The van der Waals surface area contributed by atoms with Gasteiger partial charge in [0.1, 0.15) is 6.61 Å². The highest BCUT2D eigenvalue weighted by atomic mass is 35.5. The Morgan fingerprint density at radius 2 is 2.10 bits per heavy atom. The van der Waals surface area contributed by atoms with Crippen molar-refractivity contribution in [2.45, 2.75) is 6.61 Å². The van der Waals surface area contributed by atoms with E-state index in [4.69, 9.17) is 21.5 Å². The van der Waals surface area contributed by atoms with Gasteiger partial charge in [-0.1, -0.05) is 29.8 Å². The van der Waals surface area contributed by atoms with E-state index in [1.807, 2.05) is 18.2 Å². The van der Waals surface area contributed by atoms with E-state index in [1.54, 1.807) is 12.1 Å². The molecule has 0 unspecified atom stereocenters. The van der Waals surface area contributed by atoms with Crippen LogP contribution in [-0.4, -0.2) is 15.4 Å². The summed E-state index contributed by atoms with van der Waals surface area (Å²) in [5.41, 5.74) is 1.64. The third kappa shape index (κ3) is 2.78. The number of fused-ring (bicyclic) bond motifs is 1. The van der Waals surface area contributed by atoms with Gasteiger partial charge in [0.25, 0.3) is 0 Å². The summed E-state index contributed by atoms with van der Waals surface area (Å²) in [7, 11) is 0. The molecule has 0 aliphatic heterocycles. The van der Waals surface area contributed by atoms with Crippen molar-refractivity contribution in [2.75, 3.05) is 5.23 Å². The quantitative estimate of drug-likeness (QED) is 0.721. The van der Waals surface area contributed by atoms with E-state index in [-0.39, 0.29) is 17.5 Å². The topological polar surface area (TPSA) is 84.4 Å². The molecule has 0 amide bonds. The number of aromatic nitrogens is 2. The molecule has 1 heterocycles. The van der Waals surface area contributed by atoms with E-state index in [0.717, 1.165) is 5.56 Å². The summed E-state index contributed by atoms with van der Waals surface area (Å²) in [6, 6.07) is 12.0. The Morgan fingerprint density at radius 1 is 1.29 bits per heavy atom. The Kier molecular flexibility index (Phi) is 3.66. The Labute approximate surface area is 125 Å². The first-order chi connectivity index (χ1) is 10.1. The van der Waals surface area contributed by atoms with Crippen LogP contribution in [0.4, 0.5) is 5.69 Å². The number of ether oxygens (including phenoxy) is 1. The van der Waals surface area contributed by atoms with Gasteiger partial charge in [0, 0.05) is 10.6 Å². The van der Waals surface area contributed by atoms with Gasteiger partial charge >= 0.3 is 0 Å². The Hall–Kier alpha value is -2.28. The van der Waals surface area contributed by atoms with Crippen LogP contribution < -0.4 is 9.96 Å². The lowest BCUT2D eigenvalue weighted by Gasteiger charge is -2.21.